The van der Waals surface area contributed by atoms with Gasteiger partial charge < -0.3 is 15.9 Å². The summed E-state index contributed by atoms with van der Waals surface area (Å²) in [6, 6.07) is 4.30. The Bertz CT molecular complexity index is 418. The third kappa shape index (κ3) is 2.77. The fraction of sp³-hybridized carbons (Fsp3) is 0.300. The maximum absolute atomic E-state index is 10.6. The van der Waals surface area contributed by atoms with Gasteiger partial charge >= 0.3 is 0 Å². The van der Waals surface area contributed by atoms with Crippen LogP contribution in [-0.2, 0) is 6.42 Å². The molecule has 0 fully saturated rings. The van der Waals surface area contributed by atoms with E-state index in [0.29, 0.717) is 17.0 Å². The van der Waals surface area contributed by atoms with Crippen molar-refractivity contribution >= 4 is 11.4 Å². The topological polar surface area (TPSA) is 102 Å². The highest BCUT2D eigenvalue weighted by molar-refractivity contribution is 5.86. The Balaban J connectivity index is 3.06. The van der Waals surface area contributed by atoms with Crippen LogP contribution in [0.2, 0.25) is 0 Å². The molecule has 0 saturated heterocycles. The molecule has 1 aromatic carbocycles. The number of non-ortho nitro benzene ring substituents is 1. The molecular formula is C10H13N3O3. The molecule has 0 aliphatic carbocycles. The minimum atomic E-state index is -0.477. The van der Waals surface area contributed by atoms with Crippen molar-refractivity contribution in [2.45, 2.75) is 6.42 Å². The first-order valence-corrected chi connectivity index (χ1v) is 4.66. The SMILES string of the molecule is COc1ccc([N+](=O)[O-])cc1CC(=N)CN. The lowest BCUT2D eigenvalue weighted by Gasteiger charge is -2.08. The van der Waals surface area contributed by atoms with E-state index in [-0.39, 0.29) is 18.7 Å². The number of nitro benzene ring substituents is 1. The zero-order valence-electron chi connectivity index (χ0n) is 8.90. The van der Waals surface area contributed by atoms with Crippen LogP contribution < -0.4 is 10.5 Å². The molecule has 6 nitrogen and oxygen atoms in total. The number of hydrogen-bond donors (Lipinski definition) is 2. The van der Waals surface area contributed by atoms with Gasteiger partial charge in [0.25, 0.3) is 5.69 Å². The zero-order chi connectivity index (χ0) is 12.1. The molecule has 0 radical (unpaired) electrons. The van der Waals surface area contributed by atoms with Gasteiger partial charge in [0.1, 0.15) is 5.75 Å². The Kier molecular flexibility index (Phi) is 3.96. The van der Waals surface area contributed by atoms with E-state index in [0.717, 1.165) is 0 Å². The van der Waals surface area contributed by atoms with Crippen molar-refractivity contribution < 1.29 is 9.66 Å². The molecule has 0 aromatic heterocycles. The molecule has 0 atom stereocenters. The smallest absolute Gasteiger partial charge is 0.269 e. The lowest BCUT2D eigenvalue weighted by molar-refractivity contribution is -0.384. The summed E-state index contributed by atoms with van der Waals surface area (Å²) in [5.74, 6) is 0.531. The van der Waals surface area contributed by atoms with Crippen LogP contribution in [0.15, 0.2) is 18.2 Å². The number of nitrogens with one attached hydrogen (secondary N) is 1. The van der Waals surface area contributed by atoms with Crippen LogP contribution in [0.25, 0.3) is 0 Å². The number of rotatable bonds is 5. The first-order chi connectivity index (χ1) is 7.58. The molecule has 0 bridgehead atoms. The van der Waals surface area contributed by atoms with Crippen LogP contribution in [0, 0.1) is 15.5 Å². The van der Waals surface area contributed by atoms with Gasteiger partial charge in [0.2, 0.25) is 0 Å². The first-order valence-electron chi connectivity index (χ1n) is 4.66. The summed E-state index contributed by atoms with van der Waals surface area (Å²) >= 11 is 0. The number of nitrogens with two attached hydrogens (primary N) is 1. The van der Waals surface area contributed by atoms with Crippen molar-refractivity contribution in [1.82, 2.24) is 0 Å². The second-order valence-electron chi connectivity index (χ2n) is 3.24. The third-order valence-corrected chi connectivity index (χ3v) is 2.13. The number of nitro groups is 1. The van der Waals surface area contributed by atoms with E-state index in [1.54, 1.807) is 0 Å². The zero-order valence-corrected chi connectivity index (χ0v) is 8.90. The average molecular weight is 223 g/mol. The van der Waals surface area contributed by atoms with E-state index in [1.165, 1.54) is 25.3 Å². The standard InChI is InChI=1S/C10H13N3O3/c1-16-10-3-2-9(13(14)15)5-7(10)4-8(12)6-11/h2-3,5,12H,4,6,11H2,1H3. The molecule has 1 rings (SSSR count). The normalized spacial score (nSPS) is 9.88. The Labute approximate surface area is 92.7 Å². The van der Waals surface area contributed by atoms with E-state index in [4.69, 9.17) is 15.9 Å². The summed E-state index contributed by atoms with van der Waals surface area (Å²) in [6.45, 7) is 0.131. The van der Waals surface area contributed by atoms with Gasteiger partial charge in [-0.15, -0.1) is 0 Å². The molecule has 6 heteroatoms. The lowest BCUT2D eigenvalue weighted by Crippen LogP contribution is -2.15. The minimum absolute atomic E-state index is 0.0133. The van der Waals surface area contributed by atoms with Gasteiger partial charge in [0.15, 0.2) is 0 Å². The maximum Gasteiger partial charge on any atom is 0.269 e. The third-order valence-electron chi connectivity index (χ3n) is 2.13. The predicted molar refractivity (Wildman–Crippen MR) is 60.1 cm³/mol. The van der Waals surface area contributed by atoms with Gasteiger partial charge in [0.05, 0.1) is 12.0 Å². The molecule has 0 aliphatic heterocycles. The Morgan fingerprint density at radius 3 is 2.81 bits per heavy atom. The average Bonchev–Trinajstić information content (AvgIpc) is 2.28. The molecule has 3 N–H and O–H groups in total. The quantitative estimate of drug-likeness (QED) is 0.443. The molecule has 0 aliphatic rings. The Morgan fingerprint density at radius 1 is 1.62 bits per heavy atom. The number of methoxy groups -OCH3 is 1. The van der Waals surface area contributed by atoms with Crippen molar-refractivity contribution in [2.75, 3.05) is 13.7 Å². The van der Waals surface area contributed by atoms with Crippen LogP contribution in [0.5, 0.6) is 5.75 Å². The summed E-state index contributed by atoms with van der Waals surface area (Å²) < 4.78 is 5.07. The second-order valence-corrected chi connectivity index (χ2v) is 3.24. The van der Waals surface area contributed by atoms with Crippen molar-refractivity contribution in [1.29, 1.82) is 5.41 Å². The minimum Gasteiger partial charge on any atom is -0.496 e. The predicted octanol–water partition coefficient (Wildman–Crippen LogP) is 1.12. The van der Waals surface area contributed by atoms with Crippen molar-refractivity contribution in [3.63, 3.8) is 0 Å². The highest BCUT2D eigenvalue weighted by atomic mass is 16.6. The lowest BCUT2D eigenvalue weighted by atomic mass is 10.1. The molecule has 0 heterocycles. The fourth-order valence-electron chi connectivity index (χ4n) is 1.32. The Hall–Kier alpha value is -1.95. The summed E-state index contributed by atoms with van der Waals surface area (Å²) in [4.78, 5) is 10.1. The number of hydrogen-bond acceptors (Lipinski definition) is 5. The van der Waals surface area contributed by atoms with Crippen LogP contribution >= 0.6 is 0 Å². The van der Waals surface area contributed by atoms with Crippen molar-refractivity contribution in [3.05, 3.63) is 33.9 Å². The van der Waals surface area contributed by atoms with Crippen LogP contribution in [-0.4, -0.2) is 24.3 Å². The number of ether oxygens (including phenoxy) is 1. The highest BCUT2D eigenvalue weighted by Crippen LogP contribution is 2.24. The summed E-state index contributed by atoms with van der Waals surface area (Å²) in [7, 11) is 1.48. The highest BCUT2D eigenvalue weighted by Gasteiger charge is 2.12. The maximum atomic E-state index is 10.6. The van der Waals surface area contributed by atoms with Crippen LogP contribution in [0.3, 0.4) is 0 Å². The van der Waals surface area contributed by atoms with Gasteiger partial charge in [-0.2, -0.15) is 0 Å². The number of nitrogens with zero attached hydrogens (tertiary/aromatic N) is 1. The molecular weight excluding hydrogens is 210 g/mol. The van der Waals surface area contributed by atoms with E-state index in [9.17, 15) is 10.1 Å². The first kappa shape index (κ1) is 12.1. The summed E-state index contributed by atoms with van der Waals surface area (Å²) in [5.41, 5.74) is 6.20. The number of benzene rings is 1. The van der Waals surface area contributed by atoms with Gasteiger partial charge in [-0.1, -0.05) is 0 Å². The molecule has 0 amide bonds. The van der Waals surface area contributed by atoms with Gasteiger partial charge in [-0.05, 0) is 6.07 Å². The van der Waals surface area contributed by atoms with Gasteiger partial charge in [0, 0.05) is 36.4 Å². The van der Waals surface area contributed by atoms with E-state index < -0.39 is 4.92 Å². The van der Waals surface area contributed by atoms with Crippen molar-refractivity contribution in [3.8, 4) is 5.75 Å². The molecule has 0 spiro atoms. The molecule has 1 aromatic rings. The largest absolute Gasteiger partial charge is 0.496 e. The molecule has 0 saturated carbocycles. The Morgan fingerprint density at radius 2 is 2.31 bits per heavy atom. The molecule has 0 unspecified atom stereocenters. The monoisotopic (exact) mass is 223 g/mol. The molecule has 16 heavy (non-hydrogen) atoms. The van der Waals surface area contributed by atoms with E-state index >= 15 is 0 Å². The van der Waals surface area contributed by atoms with Gasteiger partial charge in [-0.3, -0.25) is 10.1 Å². The summed E-state index contributed by atoms with van der Waals surface area (Å²) in [6.07, 6.45) is 0.265. The summed E-state index contributed by atoms with van der Waals surface area (Å²) in [5, 5.41) is 18.1. The van der Waals surface area contributed by atoms with Crippen molar-refractivity contribution in [2.24, 2.45) is 5.73 Å². The van der Waals surface area contributed by atoms with E-state index in [1.807, 2.05) is 0 Å². The molecule has 86 valence electrons. The second kappa shape index (κ2) is 5.22. The fourth-order valence-corrected chi connectivity index (χ4v) is 1.32. The van der Waals surface area contributed by atoms with E-state index in [2.05, 4.69) is 0 Å². The van der Waals surface area contributed by atoms with Gasteiger partial charge in [-0.25, -0.2) is 0 Å². The van der Waals surface area contributed by atoms with Crippen LogP contribution in [0.4, 0.5) is 5.69 Å². The van der Waals surface area contributed by atoms with Crippen LogP contribution in [0.1, 0.15) is 5.56 Å².